The van der Waals surface area contributed by atoms with E-state index in [2.05, 4.69) is 23.6 Å². The van der Waals surface area contributed by atoms with Crippen LogP contribution in [0.5, 0.6) is 5.75 Å². The number of piperidine rings is 1. The van der Waals surface area contributed by atoms with Gasteiger partial charge in [0.05, 0.1) is 0 Å². The molecule has 1 atom stereocenters. The fraction of sp³-hybridized carbons (Fsp3) is 0.700. The van der Waals surface area contributed by atoms with Crippen LogP contribution in [0.3, 0.4) is 0 Å². The minimum absolute atomic E-state index is 0.388. The molecule has 1 N–H and O–H groups in total. The Kier molecular flexibility index (Phi) is 5.48. The molecule has 4 nitrogen and oxygen atoms in total. The summed E-state index contributed by atoms with van der Waals surface area (Å²) in [6.45, 7) is 11.1. The van der Waals surface area contributed by atoms with Crippen molar-refractivity contribution in [2.75, 3.05) is 32.8 Å². The third-order valence-electron chi connectivity index (χ3n) is 5.70. The summed E-state index contributed by atoms with van der Waals surface area (Å²) in [7, 11) is 0. The van der Waals surface area contributed by atoms with E-state index in [1.165, 1.54) is 25.9 Å². The number of aliphatic hydroxyl groups is 1. The van der Waals surface area contributed by atoms with Gasteiger partial charge in [0, 0.05) is 25.2 Å². The Hall–Kier alpha value is -1.10. The zero-order valence-corrected chi connectivity index (χ0v) is 15.4. The lowest BCUT2D eigenvalue weighted by molar-refractivity contribution is -0.00367. The highest BCUT2D eigenvalue weighted by Gasteiger charge is 2.40. The second-order valence-corrected chi connectivity index (χ2v) is 7.86. The number of aryl methyl sites for hydroxylation is 1. The Labute approximate surface area is 146 Å². The fourth-order valence-corrected chi connectivity index (χ4v) is 4.02. The molecule has 1 unspecified atom stereocenters. The molecule has 0 radical (unpaired) electrons. The van der Waals surface area contributed by atoms with Gasteiger partial charge in [-0.2, -0.15) is 0 Å². The van der Waals surface area contributed by atoms with Crippen LogP contribution >= 0.6 is 0 Å². The molecule has 2 saturated heterocycles. The third-order valence-corrected chi connectivity index (χ3v) is 5.70. The van der Waals surface area contributed by atoms with Gasteiger partial charge in [-0.25, -0.2) is 0 Å². The second kappa shape index (κ2) is 7.42. The SMILES string of the molecule is Cc1ccccc1OCC1(O)CCN(C2CCN(C(C)C)CC2)C1. The smallest absolute Gasteiger partial charge is 0.122 e. The topological polar surface area (TPSA) is 35.9 Å². The van der Waals surface area contributed by atoms with E-state index in [4.69, 9.17) is 4.74 Å². The molecule has 0 amide bonds. The fourth-order valence-electron chi connectivity index (χ4n) is 4.02. The van der Waals surface area contributed by atoms with Crippen LogP contribution in [0.15, 0.2) is 24.3 Å². The molecule has 0 spiro atoms. The summed E-state index contributed by atoms with van der Waals surface area (Å²) in [5.74, 6) is 0.884. The van der Waals surface area contributed by atoms with Crippen LogP contribution in [0.4, 0.5) is 0 Å². The molecule has 134 valence electrons. The van der Waals surface area contributed by atoms with Gasteiger partial charge in [-0.1, -0.05) is 18.2 Å². The quantitative estimate of drug-likeness (QED) is 0.899. The molecule has 0 bridgehead atoms. The standard InChI is InChI=1S/C20H32N2O2/c1-16(2)21-11-8-18(9-12-21)22-13-10-20(23,14-22)15-24-19-7-5-4-6-17(19)3/h4-7,16,18,23H,8-15H2,1-3H3. The summed E-state index contributed by atoms with van der Waals surface area (Å²) >= 11 is 0. The van der Waals surface area contributed by atoms with E-state index in [1.54, 1.807) is 0 Å². The molecular weight excluding hydrogens is 300 g/mol. The Morgan fingerprint density at radius 1 is 1.21 bits per heavy atom. The molecule has 2 aliphatic rings. The van der Waals surface area contributed by atoms with Gasteiger partial charge in [0.25, 0.3) is 0 Å². The summed E-state index contributed by atoms with van der Waals surface area (Å²) in [6, 6.07) is 9.28. The van der Waals surface area contributed by atoms with E-state index < -0.39 is 5.60 Å². The zero-order chi connectivity index (χ0) is 17.2. The van der Waals surface area contributed by atoms with Crippen LogP contribution < -0.4 is 4.74 Å². The van der Waals surface area contributed by atoms with Crippen molar-refractivity contribution in [2.45, 2.75) is 57.7 Å². The molecule has 2 aliphatic heterocycles. The van der Waals surface area contributed by atoms with Crippen molar-refractivity contribution in [3.8, 4) is 5.75 Å². The van der Waals surface area contributed by atoms with E-state index in [1.807, 2.05) is 31.2 Å². The summed E-state index contributed by atoms with van der Waals surface area (Å²) in [6.07, 6.45) is 3.24. The average Bonchev–Trinajstić information content (AvgIpc) is 2.97. The van der Waals surface area contributed by atoms with E-state index in [0.29, 0.717) is 18.7 Å². The summed E-state index contributed by atoms with van der Waals surface area (Å²) in [5, 5.41) is 10.9. The minimum Gasteiger partial charge on any atom is -0.490 e. The molecule has 3 rings (SSSR count). The number of nitrogens with zero attached hydrogens (tertiary/aromatic N) is 2. The molecule has 24 heavy (non-hydrogen) atoms. The number of para-hydroxylation sites is 1. The molecule has 2 fully saturated rings. The van der Waals surface area contributed by atoms with Crippen molar-refractivity contribution in [1.29, 1.82) is 0 Å². The summed E-state index contributed by atoms with van der Waals surface area (Å²) in [4.78, 5) is 5.04. The Bertz CT molecular complexity index is 540. The minimum atomic E-state index is -0.711. The van der Waals surface area contributed by atoms with Gasteiger partial charge >= 0.3 is 0 Å². The van der Waals surface area contributed by atoms with Gasteiger partial charge in [0.1, 0.15) is 18.0 Å². The van der Waals surface area contributed by atoms with Crippen molar-refractivity contribution in [3.05, 3.63) is 29.8 Å². The first kappa shape index (κ1) is 17.7. The number of ether oxygens (including phenoxy) is 1. The number of rotatable bonds is 5. The third kappa shape index (κ3) is 4.11. The highest BCUT2D eigenvalue weighted by Crippen LogP contribution is 2.29. The van der Waals surface area contributed by atoms with Gasteiger partial charge in [0.2, 0.25) is 0 Å². The molecule has 4 heteroatoms. The van der Waals surface area contributed by atoms with Crippen molar-refractivity contribution in [2.24, 2.45) is 0 Å². The maximum absolute atomic E-state index is 10.9. The van der Waals surface area contributed by atoms with Crippen LogP contribution in [0, 0.1) is 6.92 Å². The lowest BCUT2D eigenvalue weighted by Crippen LogP contribution is -2.48. The van der Waals surface area contributed by atoms with Crippen LogP contribution in [-0.2, 0) is 0 Å². The van der Waals surface area contributed by atoms with E-state index >= 15 is 0 Å². The summed E-state index contributed by atoms with van der Waals surface area (Å²) in [5.41, 5.74) is 0.411. The van der Waals surface area contributed by atoms with Crippen molar-refractivity contribution in [3.63, 3.8) is 0 Å². The van der Waals surface area contributed by atoms with Crippen LogP contribution in [0.25, 0.3) is 0 Å². The molecule has 0 aliphatic carbocycles. The van der Waals surface area contributed by atoms with Crippen molar-refractivity contribution in [1.82, 2.24) is 9.80 Å². The normalized spacial score (nSPS) is 27.0. The zero-order valence-electron chi connectivity index (χ0n) is 15.4. The van der Waals surface area contributed by atoms with Gasteiger partial charge in [-0.15, -0.1) is 0 Å². The Morgan fingerprint density at radius 3 is 2.58 bits per heavy atom. The number of likely N-dealkylation sites (tertiary alicyclic amines) is 2. The van der Waals surface area contributed by atoms with Crippen molar-refractivity contribution < 1.29 is 9.84 Å². The molecule has 0 saturated carbocycles. The first-order valence-electron chi connectivity index (χ1n) is 9.36. The second-order valence-electron chi connectivity index (χ2n) is 7.86. The summed E-state index contributed by atoms with van der Waals surface area (Å²) < 4.78 is 5.92. The van der Waals surface area contributed by atoms with E-state index in [-0.39, 0.29) is 0 Å². The number of benzene rings is 1. The van der Waals surface area contributed by atoms with E-state index in [9.17, 15) is 5.11 Å². The van der Waals surface area contributed by atoms with E-state index in [0.717, 1.165) is 30.8 Å². The van der Waals surface area contributed by atoms with Gasteiger partial charge in [-0.3, -0.25) is 4.90 Å². The highest BCUT2D eigenvalue weighted by molar-refractivity contribution is 5.31. The Balaban J connectivity index is 1.50. The van der Waals surface area contributed by atoms with Crippen LogP contribution in [0.1, 0.15) is 38.7 Å². The predicted octanol–water partition coefficient (Wildman–Crippen LogP) is 2.68. The average molecular weight is 332 g/mol. The predicted molar refractivity (Wildman–Crippen MR) is 97.5 cm³/mol. The Morgan fingerprint density at radius 2 is 1.92 bits per heavy atom. The molecule has 1 aromatic rings. The highest BCUT2D eigenvalue weighted by atomic mass is 16.5. The first-order valence-corrected chi connectivity index (χ1v) is 9.36. The van der Waals surface area contributed by atoms with Crippen LogP contribution in [-0.4, -0.2) is 65.4 Å². The molecule has 1 aromatic carbocycles. The van der Waals surface area contributed by atoms with Gasteiger partial charge in [-0.05, 0) is 64.8 Å². The maximum atomic E-state index is 10.9. The first-order chi connectivity index (χ1) is 11.5. The number of hydrogen-bond acceptors (Lipinski definition) is 4. The monoisotopic (exact) mass is 332 g/mol. The van der Waals surface area contributed by atoms with Crippen LogP contribution in [0.2, 0.25) is 0 Å². The largest absolute Gasteiger partial charge is 0.490 e. The number of β-amino-alcohol motifs (C(OH)–C–C–N with tert-alkyl or cyclic N) is 1. The van der Waals surface area contributed by atoms with Gasteiger partial charge in [0.15, 0.2) is 0 Å². The number of hydrogen-bond donors (Lipinski definition) is 1. The maximum Gasteiger partial charge on any atom is 0.122 e. The lowest BCUT2D eigenvalue weighted by atomic mass is 10.0. The van der Waals surface area contributed by atoms with Gasteiger partial charge < -0.3 is 14.7 Å². The molecule has 2 heterocycles. The molecule has 0 aromatic heterocycles. The van der Waals surface area contributed by atoms with Crippen molar-refractivity contribution >= 4 is 0 Å². The lowest BCUT2D eigenvalue weighted by Gasteiger charge is -2.38. The molecular formula is C20H32N2O2.